The van der Waals surface area contributed by atoms with Gasteiger partial charge in [-0.2, -0.15) is 0 Å². The van der Waals surface area contributed by atoms with Crippen molar-refractivity contribution in [3.8, 4) is 0 Å². The van der Waals surface area contributed by atoms with Crippen LogP contribution in [-0.2, 0) is 26.2 Å². The summed E-state index contributed by atoms with van der Waals surface area (Å²) in [5, 5.41) is 3.54. The maximum atomic E-state index is 13.9. The first kappa shape index (κ1) is 29.1. The summed E-state index contributed by atoms with van der Waals surface area (Å²) in [5.74, 6) is -3.53. The van der Waals surface area contributed by atoms with Crippen LogP contribution in [0.3, 0.4) is 0 Å². The van der Waals surface area contributed by atoms with E-state index in [2.05, 4.69) is 5.32 Å². The first-order chi connectivity index (χ1) is 17.4. The van der Waals surface area contributed by atoms with Gasteiger partial charge in [0.05, 0.1) is 11.9 Å². The lowest BCUT2D eigenvalue weighted by atomic mass is 10.1. The van der Waals surface area contributed by atoms with E-state index >= 15 is 0 Å². The number of anilines is 1. The lowest BCUT2D eigenvalue weighted by Gasteiger charge is -2.33. The van der Waals surface area contributed by atoms with Crippen molar-refractivity contribution in [1.29, 1.82) is 0 Å². The van der Waals surface area contributed by atoms with Crippen molar-refractivity contribution in [3.05, 3.63) is 63.6 Å². The SMILES string of the molecule is CCC(C(=O)NC1CCCC1)N(Cc1c(Cl)cccc1Cl)C(=O)CN(c1ccc(F)c(F)c1)S(C)(=O)=O. The predicted molar refractivity (Wildman–Crippen MR) is 140 cm³/mol. The highest BCUT2D eigenvalue weighted by Gasteiger charge is 2.34. The van der Waals surface area contributed by atoms with Gasteiger partial charge in [0, 0.05) is 34.3 Å². The maximum Gasteiger partial charge on any atom is 0.244 e. The zero-order chi connectivity index (χ0) is 27.3. The molecule has 1 unspecified atom stereocenters. The molecular weight excluding hydrogens is 547 g/mol. The zero-order valence-corrected chi connectivity index (χ0v) is 22.8. The Bertz CT molecular complexity index is 1240. The normalized spacial score (nSPS) is 14.9. The highest BCUT2D eigenvalue weighted by atomic mass is 35.5. The quantitative estimate of drug-likeness (QED) is 0.436. The summed E-state index contributed by atoms with van der Waals surface area (Å²) in [6, 6.07) is 6.40. The number of sulfonamides is 1. The van der Waals surface area contributed by atoms with E-state index in [4.69, 9.17) is 23.2 Å². The molecule has 2 aromatic carbocycles. The van der Waals surface area contributed by atoms with Gasteiger partial charge in [0.25, 0.3) is 0 Å². The molecule has 0 saturated heterocycles. The molecule has 2 aromatic rings. The van der Waals surface area contributed by atoms with Crippen LogP contribution in [0, 0.1) is 11.6 Å². The van der Waals surface area contributed by atoms with E-state index in [0.29, 0.717) is 15.9 Å². The second kappa shape index (κ2) is 12.4. The van der Waals surface area contributed by atoms with E-state index in [9.17, 15) is 26.8 Å². The molecular formula is C25H29Cl2F2N3O4S. The zero-order valence-electron chi connectivity index (χ0n) is 20.5. The molecule has 37 heavy (non-hydrogen) atoms. The Hall–Kier alpha value is -2.43. The van der Waals surface area contributed by atoms with E-state index in [1.807, 2.05) is 0 Å². The number of nitrogens with zero attached hydrogens (tertiary/aromatic N) is 2. The van der Waals surface area contributed by atoms with Gasteiger partial charge < -0.3 is 10.2 Å². The number of carbonyl (C=O) groups excluding carboxylic acids is 2. The van der Waals surface area contributed by atoms with Gasteiger partial charge in [0.2, 0.25) is 21.8 Å². The third kappa shape index (κ3) is 7.33. The van der Waals surface area contributed by atoms with Crippen molar-refractivity contribution < 1.29 is 26.8 Å². The number of amides is 2. The van der Waals surface area contributed by atoms with Gasteiger partial charge in [0.1, 0.15) is 12.6 Å². The van der Waals surface area contributed by atoms with Crippen LogP contribution >= 0.6 is 23.2 Å². The predicted octanol–water partition coefficient (Wildman–Crippen LogP) is 4.90. The number of benzene rings is 2. The van der Waals surface area contributed by atoms with Crippen molar-refractivity contribution in [2.24, 2.45) is 0 Å². The van der Waals surface area contributed by atoms with Crippen LogP contribution in [0.4, 0.5) is 14.5 Å². The number of halogens is 4. The van der Waals surface area contributed by atoms with Crippen LogP contribution in [0.25, 0.3) is 0 Å². The molecule has 0 radical (unpaired) electrons. The minimum atomic E-state index is -4.09. The van der Waals surface area contributed by atoms with E-state index in [1.165, 1.54) is 4.90 Å². The van der Waals surface area contributed by atoms with Crippen LogP contribution in [-0.4, -0.2) is 50.0 Å². The summed E-state index contributed by atoms with van der Waals surface area (Å²) >= 11 is 12.7. The van der Waals surface area contributed by atoms with Crippen LogP contribution in [0.15, 0.2) is 36.4 Å². The van der Waals surface area contributed by atoms with Gasteiger partial charge in [-0.3, -0.25) is 13.9 Å². The lowest BCUT2D eigenvalue weighted by molar-refractivity contribution is -0.140. The van der Waals surface area contributed by atoms with Gasteiger partial charge in [0.15, 0.2) is 11.6 Å². The fraction of sp³-hybridized carbons (Fsp3) is 0.440. The average molecular weight is 576 g/mol. The maximum absolute atomic E-state index is 13.9. The van der Waals surface area contributed by atoms with E-state index < -0.39 is 40.2 Å². The molecule has 3 rings (SSSR count). The smallest absolute Gasteiger partial charge is 0.244 e. The third-order valence-electron chi connectivity index (χ3n) is 6.35. The molecule has 12 heteroatoms. The largest absolute Gasteiger partial charge is 0.352 e. The van der Waals surface area contributed by atoms with Gasteiger partial charge in [-0.05, 0) is 43.5 Å². The Morgan fingerprint density at radius 2 is 1.70 bits per heavy atom. The highest BCUT2D eigenvalue weighted by molar-refractivity contribution is 7.92. The Labute approximate surface area is 225 Å². The van der Waals surface area contributed by atoms with Crippen molar-refractivity contribution in [2.75, 3.05) is 17.1 Å². The molecule has 1 fully saturated rings. The van der Waals surface area contributed by atoms with Crippen LogP contribution in [0.2, 0.25) is 10.0 Å². The van der Waals surface area contributed by atoms with Crippen molar-refractivity contribution >= 4 is 50.7 Å². The highest BCUT2D eigenvalue weighted by Crippen LogP contribution is 2.28. The Kier molecular flexibility index (Phi) is 9.77. The van der Waals surface area contributed by atoms with E-state index in [1.54, 1.807) is 25.1 Å². The molecule has 0 heterocycles. The minimum Gasteiger partial charge on any atom is -0.352 e. The number of rotatable bonds is 10. The molecule has 0 bridgehead atoms. The fourth-order valence-electron chi connectivity index (χ4n) is 4.39. The Balaban J connectivity index is 1.98. The lowest BCUT2D eigenvalue weighted by Crippen LogP contribution is -2.53. The average Bonchev–Trinajstić information content (AvgIpc) is 3.33. The first-order valence-electron chi connectivity index (χ1n) is 11.9. The molecule has 7 nitrogen and oxygen atoms in total. The second-order valence-electron chi connectivity index (χ2n) is 9.00. The number of carbonyl (C=O) groups is 2. The number of hydrogen-bond donors (Lipinski definition) is 1. The summed E-state index contributed by atoms with van der Waals surface area (Å²) in [6.45, 7) is 0.819. The molecule has 1 aliphatic carbocycles. The summed E-state index contributed by atoms with van der Waals surface area (Å²) < 4.78 is 53.2. The van der Waals surface area contributed by atoms with Crippen molar-refractivity contribution in [1.82, 2.24) is 10.2 Å². The van der Waals surface area contributed by atoms with Gasteiger partial charge >= 0.3 is 0 Å². The summed E-state index contributed by atoms with van der Waals surface area (Å²) in [5.41, 5.74) is 0.166. The first-order valence-corrected chi connectivity index (χ1v) is 14.5. The Morgan fingerprint density at radius 1 is 1.08 bits per heavy atom. The summed E-state index contributed by atoms with van der Waals surface area (Å²) in [7, 11) is -4.09. The van der Waals surface area contributed by atoms with Crippen LogP contribution in [0.1, 0.15) is 44.6 Å². The summed E-state index contributed by atoms with van der Waals surface area (Å²) in [6.07, 6.45) is 4.75. The van der Waals surface area contributed by atoms with Crippen LogP contribution in [0.5, 0.6) is 0 Å². The number of nitrogens with one attached hydrogen (secondary N) is 1. The molecule has 1 atom stereocenters. The minimum absolute atomic E-state index is 0.00267. The topological polar surface area (TPSA) is 86.8 Å². The van der Waals surface area contributed by atoms with E-state index in [0.717, 1.165) is 44.1 Å². The molecule has 202 valence electrons. The molecule has 1 saturated carbocycles. The molecule has 0 aromatic heterocycles. The number of hydrogen-bond acceptors (Lipinski definition) is 4. The fourth-order valence-corrected chi connectivity index (χ4v) is 5.75. The molecule has 0 spiro atoms. The van der Waals surface area contributed by atoms with Gasteiger partial charge in [-0.15, -0.1) is 0 Å². The monoisotopic (exact) mass is 575 g/mol. The van der Waals surface area contributed by atoms with Crippen molar-refractivity contribution in [3.63, 3.8) is 0 Å². The molecule has 1 N–H and O–H groups in total. The van der Waals surface area contributed by atoms with Gasteiger partial charge in [-0.1, -0.05) is 49.0 Å². The second-order valence-corrected chi connectivity index (χ2v) is 11.7. The molecule has 2 amide bonds. The Morgan fingerprint density at radius 3 is 2.24 bits per heavy atom. The van der Waals surface area contributed by atoms with Crippen molar-refractivity contribution in [2.45, 2.75) is 57.7 Å². The standard InChI is InChI=1S/C25H29Cl2F2N3O4S/c1-3-23(25(34)30-16-7-4-5-8-16)31(14-18-19(26)9-6-10-20(18)27)24(33)15-32(37(2,35)36)17-11-12-21(28)22(29)13-17/h6,9-13,16,23H,3-5,7-8,14-15H2,1-2H3,(H,30,34). The third-order valence-corrected chi connectivity index (χ3v) is 8.20. The molecule has 1 aliphatic rings. The molecule has 0 aliphatic heterocycles. The van der Waals surface area contributed by atoms with E-state index in [-0.39, 0.29) is 40.6 Å². The van der Waals surface area contributed by atoms with Gasteiger partial charge in [-0.25, -0.2) is 17.2 Å². The summed E-state index contributed by atoms with van der Waals surface area (Å²) in [4.78, 5) is 28.2. The van der Waals surface area contributed by atoms with Crippen LogP contribution < -0.4 is 9.62 Å².